The summed E-state index contributed by atoms with van der Waals surface area (Å²) in [7, 11) is 0. The Morgan fingerprint density at radius 2 is 1.92 bits per heavy atom. The molecule has 0 aromatic carbocycles. The second-order valence-corrected chi connectivity index (χ2v) is 4.58. The third kappa shape index (κ3) is 2.44. The molecule has 78 valence electrons. The van der Waals surface area contributed by atoms with Crippen molar-refractivity contribution in [1.29, 1.82) is 0 Å². The molecule has 1 saturated heterocycles. The van der Waals surface area contributed by atoms with E-state index in [1.807, 2.05) is 0 Å². The van der Waals surface area contributed by atoms with Crippen LogP contribution < -0.4 is 0 Å². The fourth-order valence-electron chi connectivity index (χ4n) is 1.60. The van der Waals surface area contributed by atoms with Crippen molar-refractivity contribution in [2.24, 2.45) is 11.3 Å². The van der Waals surface area contributed by atoms with Crippen molar-refractivity contribution in [1.82, 2.24) is 0 Å². The molecule has 2 heteroatoms. The summed E-state index contributed by atoms with van der Waals surface area (Å²) in [4.78, 5) is 0. The van der Waals surface area contributed by atoms with E-state index < -0.39 is 0 Å². The average molecular weight is 186 g/mol. The molecule has 0 aromatic rings. The minimum atomic E-state index is 0.314. The van der Waals surface area contributed by atoms with Gasteiger partial charge in [-0.1, -0.05) is 20.8 Å². The van der Waals surface area contributed by atoms with Crippen LogP contribution >= 0.6 is 0 Å². The van der Waals surface area contributed by atoms with Crippen molar-refractivity contribution in [3.05, 3.63) is 0 Å². The van der Waals surface area contributed by atoms with Crippen LogP contribution in [-0.4, -0.2) is 25.9 Å². The molecule has 1 aliphatic heterocycles. The second kappa shape index (κ2) is 4.43. The van der Waals surface area contributed by atoms with Crippen molar-refractivity contribution in [2.45, 2.75) is 40.2 Å². The second-order valence-electron chi connectivity index (χ2n) is 4.58. The van der Waals surface area contributed by atoms with Gasteiger partial charge >= 0.3 is 0 Å². The third-order valence-corrected chi connectivity index (χ3v) is 3.03. The lowest BCUT2D eigenvalue weighted by Gasteiger charge is -2.45. The zero-order chi connectivity index (χ0) is 9.90. The molecule has 13 heavy (non-hydrogen) atoms. The van der Waals surface area contributed by atoms with Crippen LogP contribution in [0.3, 0.4) is 0 Å². The first-order chi connectivity index (χ1) is 6.10. The van der Waals surface area contributed by atoms with Gasteiger partial charge in [0.1, 0.15) is 0 Å². The highest BCUT2D eigenvalue weighted by Crippen LogP contribution is 2.36. The van der Waals surface area contributed by atoms with Gasteiger partial charge in [0.15, 0.2) is 0 Å². The summed E-state index contributed by atoms with van der Waals surface area (Å²) in [5.41, 5.74) is 0.314. The van der Waals surface area contributed by atoms with Crippen molar-refractivity contribution >= 4 is 0 Å². The van der Waals surface area contributed by atoms with Gasteiger partial charge < -0.3 is 9.47 Å². The van der Waals surface area contributed by atoms with Crippen LogP contribution in [0.2, 0.25) is 0 Å². The maximum atomic E-state index is 5.82. The molecular formula is C11H22O2. The SMILES string of the molecule is CCC1(C(C)OCC(C)C)COC1. The van der Waals surface area contributed by atoms with Crippen LogP contribution in [0, 0.1) is 11.3 Å². The molecule has 1 atom stereocenters. The molecule has 0 radical (unpaired) electrons. The zero-order valence-electron chi connectivity index (χ0n) is 9.30. The van der Waals surface area contributed by atoms with Gasteiger partial charge in [-0.15, -0.1) is 0 Å². The van der Waals surface area contributed by atoms with E-state index >= 15 is 0 Å². The summed E-state index contributed by atoms with van der Waals surface area (Å²) in [6.07, 6.45) is 1.50. The first-order valence-corrected chi connectivity index (χ1v) is 5.30. The van der Waals surface area contributed by atoms with Crippen LogP contribution in [0.4, 0.5) is 0 Å². The summed E-state index contributed by atoms with van der Waals surface area (Å²) in [5, 5.41) is 0. The highest BCUT2D eigenvalue weighted by atomic mass is 16.5. The van der Waals surface area contributed by atoms with Crippen molar-refractivity contribution in [3.63, 3.8) is 0 Å². The van der Waals surface area contributed by atoms with Gasteiger partial charge in [-0.3, -0.25) is 0 Å². The molecule has 0 aromatic heterocycles. The van der Waals surface area contributed by atoms with Gasteiger partial charge in [0.2, 0.25) is 0 Å². The highest BCUT2D eigenvalue weighted by molar-refractivity contribution is 4.89. The standard InChI is InChI=1S/C11H22O2/c1-5-11(7-12-8-11)10(4)13-6-9(2)3/h9-10H,5-8H2,1-4H3. The van der Waals surface area contributed by atoms with E-state index in [1.54, 1.807) is 0 Å². The fraction of sp³-hybridized carbons (Fsp3) is 1.00. The molecule has 2 nitrogen and oxygen atoms in total. The summed E-state index contributed by atoms with van der Waals surface area (Å²) < 4.78 is 11.1. The van der Waals surface area contributed by atoms with E-state index in [2.05, 4.69) is 27.7 Å². The van der Waals surface area contributed by atoms with E-state index in [0.717, 1.165) is 26.2 Å². The van der Waals surface area contributed by atoms with Gasteiger partial charge in [0, 0.05) is 12.0 Å². The fourth-order valence-corrected chi connectivity index (χ4v) is 1.60. The van der Waals surface area contributed by atoms with Crippen LogP contribution in [0.25, 0.3) is 0 Å². The van der Waals surface area contributed by atoms with E-state index in [-0.39, 0.29) is 0 Å². The number of rotatable bonds is 5. The normalized spacial score (nSPS) is 22.8. The van der Waals surface area contributed by atoms with E-state index in [0.29, 0.717) is 17.4 Å². The molecule has 1 heterocycles. The molecule has 0 saturated carbocycles. The molecule has 0 aliphatic carbocycles. The Hall–Kier alpha value is -0.0800. The summed E-state index contributed by atoms with van der Waals surface area (Å²) in [6, 6.07) is 0. The minimum absolute atomic E-state index is 0.314. The molecule has 0 bridgehead atoms. The monoisotopic (exact) mass is 186 g/mol. The highest BCUT2D eigenvalue weighted by Gasteiger charge is 2.42. The molecule has 1 rings (SSSR count). The molecule has 0 amide bonds. The van der Waals surface area contributed by atoms with E-state index in [1.165, 1.54) is 0 Å². The first kappa shape index (κ1) is 11.0. The number of ether oxygens (including phenoxy) is 2. The lowest BCUT2D eigenvalue weighted by atomic mass is 9.78. The Kier molecular flexibility index (Phi) is 3.74. The van der Waals surface area contributed by atoms with Gasteiger partial charge in [-0.05, 0) is 19.3 Å². The maximum absolute atomic E-state index is 5.82. The molecule has 0 spiro atoms. The Morgan fingerprint density at radius 1 is 1.31 bits per heavy atom. The van der Waals surface area contributed by atoms with E-state index in [4.69, 9.17) is 9.47 Å². The van der Waals surface area contributed by atoms with Crippen molar-refractivity contribution < 1.29 is 9.47 Å². The molecule has 0 N–H and O–H groups in total. The molecule has 1 fully saturated rings. The maximum Gasteiger partial charge on any atom is 0.0647 e. The molecular weight excluding hydrogens is 164 g/mol. The Labute approximate surface area is 81.6 Å². The first-order valence-electron chi connectivity index (χ1n) is 5.30. The predicted octanol–water partition coefficient (Wildman–Crippen LogP) is 2.47. The lowest BCUT2D eigenvalue weighted by Crippen LogP contribution is -2.51. The number of hydrogen-bond acceptors (Lipinski definition) is 2. The van der Waals surface area contributed by atoms with E-state index in [9.17, 15) is 0 Å². The zero-order valence-corrected chi connectivity index (χ0v) is 9.30. The predicted molar refractivity (Wildman–Crippen MR) is 53.8 cm³/mol. The Bertz CT molecular complexity index is 145. The quantitative estimate of drug-likeness (QED) is 0.656. The van der Waals surface area contributed by atoms with Crippen LogP contribution in [-0.2, 0) is 9.47 Å². The summed E-state index contributed by atoms with van der Waals surface area (Å²) in [5.74, 6) is 0.623. The van der Waals surface area contributed by atoms with Crippen molar-refractivity contribution in [3.8, 4) is 0 Å². The third-order valence-electron chi connectivity index (χ3n) is 3.03. The number of hydrogen-bond donors (Lipinski definition) is 0. The van der Waals surface area contributed by atoms with Crippen LogP contribution in [0.15, 0.2) is 0 Å². The topological polar surface area (TPSA) is 18.5 Å². The molecule has 1 aliphatic rings. The van der Waals surface area contributed by atoms with Gasteiger partial charge in [-0.2, -0.15) is 0 Å². The minimum Gasteiger partial charge on any atom is -0.380 e. The van der Waals surface area contributed by atoms with Crippen LogP contribution in [0.5, 0.6) is 0 Å². The Balaban J connectivity index is 2.32. The Morgan fingerprint density at radius 3 is 2.23 bits per heavy atom. The van der Waals surface area contributed by atoms with Gasteiger partial charge in [0.05, 0.1) is 19.3 Å². The molecule has 1 unspecified atom stereocenters. The van der Waals surface area contributed by atoms with Crippen molar-refractivity contribution in [2.75, 3.05) is 19.8 Å². The smallest absolute Gasteiger partial charge is 0.0647 e. The lowest BCUT2D eigenvalue weighted by molar-refractivity contribution is -0.186. The summed E-state index contributed by atoms with van der Waals surface area (Å²) in [6.45, 7) is 11.4. The van der Waals surface area contributed by atoms with Gasteiger partial charge in [0.25, 0.3) is 0 Å². The summed E-state index contributed by atoms with van der Waals surface area (Å²) >= 11 is 0. The van der Waals surface area contributed by atoms with Crippen LogP contribution in [0.1, 0.15) is 34.1 Å². The van der Waals surface area contributed by atoms with Gasteiger partial charge in [-0.25, -0.2) is 0 Å². The average Bonchev–Trinajstić information content (AvgIpc) is 2.00. The largest absolute Gasteiger partial charge is 0.380 e.